The topological polar surface area (TPSA) is 47.2 Å². The van der Waals surface area contributed by atoms with E-state index in [-0.39, 0.29) is 11.8 Å². The molecule has 1 aliphatic heterocycles. The molecule has 1 aliphatic rings. The van der Waals surface area contributed by atoms with Crippen molar-refractivity contribution in [2.75, 3.05) is 6.54 Å². The van der Waals surface area contributed by atoms with Crippen LogP contribution in [0.3, 0.4) is 0 Å². The zero-order chi connectivity index (χ0) is 37.8. The summed E-state index contributed by atoms with van der Waals surface area (Å²) >= 11 is 1.55. The molecule has 0 radical (unpaired) electrons. The van der Waals surface area contributed by atoms with Crippen molar-refractivity contribution < 1.29 is 9.59 Å². The number of para-hydroxylation sites is 4. The SMILES string of the molecule is CCCCCCCCN1C(=O)c2c(-c3ccc(-n4c5ccccc5c5ccccc54)cc3)sc(-c3ccc(-n4c5ccccc5c5ccccc54)cc3)c2C1=O. The Morgan fingerprint density at radius 2 is 0.786 bits per heavy atom. The molecule has 0 saturated heterocycles. The predicted octanol–water partition coefficient (Wildman–Crippen LogP) is 13.2. The van der Waals surface area contributed by atoms with E-state index in [1.54, 1.807) is 11.3 Å². The van der Waals surface area contributed by atoms with E-state index < -0.39 is 0 Å². The third-order valence-corrected chi connectivity index (χ3v) is 12.8. The molecule has 3 aromatic heterocycles. The summed E-state index contributed by atoms with van der Waals surface area (Å²) in [5.41, 5.74) is 9.65. The number of hydrogen-bond donors (Lipinski definition) is 0. The lowest BCUT2D eigenvalue weighted by molar-refractivity contribution is 0.0652. The highest BCUT2D eigenvalue weighted by atomic mass is 32.1. The standard InChI is InChI=1S/C50H41N3O2S/c1-2-3-4-5-6-15-32-51-49(54)45-46(50(51)55)48(34-26-30-36(31-27-34)53-43-22-13-9-18-39(43)40-19-10-14-23-44(40)53)56-47(45)33-24-28-35(29-25-33)52-41-20-11-7-16-37(41)38-17-8-12-21-42(38)52/h7-14,16-31H,2-6,15,32H2,1H3. The summed E-state index contributed by atoms with van der Waals surface area (Å²) in [7, 11) is 0. The van der Waals surface area contributed by atoms with Crippen LogP contribution in [0.25, 0.3) is 75.9 Å². The molecule has 6 aromatic carbocycles. The molecule has 56 heavy (non-hydrogen) atoms. The van der Waals surface area contributed by atoms with Gasteiger partial charge in [-0.25, -0.2) is 0 Å². The number of fused-ring (bicyclic) bond motifs is 7. The van der Waals surface area contributed by atoms with Crippen molar-refractivity contribution in [2.45, 2.75) is 45.4 Å². The van der Waals surface area contributed by atoms with Gasteiger partial charge < -0.3 is 9.13 Å². The van der Waals surface area contributed by atoms with Crippen molar-refractivity contribution in [3.8, 4) is 32.3 Å². The second-order valence-electron chi connectivity index (χ2n) is 14.9. The number of carbonyl (C=O) groups is 2. The highest BCUT2D eigenvalue weighted by Crippen LogP contribution is 2.47. The first kappa shape index (κ1) is 34.3. The molecular weight excluding hydrogens is 707 g/mol. The van der Waals surface area contributed by atoms with Gasteiger partial charge >= 0.3 is 0 Å². The van der Waals surface area contributed by atoms with Gasteiger partial charge in [-0.05, 0) is 66.1 Å². The summed E-state index contributed by atoms with van der Waals surface area (Å²) < 4.78 is 4.60. The van der Waals surface area contributed by atoms with E-state index >= 15 is 0 Å². The van der Waals surface area contributed by atoms with Gasteiger partial charge in [0.05, 0.1) is 33.2 Å². The molecule has 274 valence electrons. The number of amides is 2. The molecule has 2 amide bonds. The van der Waals surface area contributed by atoms with Gasteiger partial charge in [-0.1, -0.05) is 136 Å². The van der Waals surface area contributed by atoms with Gasteiger partial charge in [-0.3, -0.25) is 14.5 Å². The van der Waals surface area contributed by atoms with Crippen LogP contribution in [0.5, 0.6) is 0 Å². The van der Waals surface area contributed by atoms with Gasteiger partial charge in [0.25, 0.3) is 11.8 Å². The highest BCUT2D eigenvalue weighted by Gasteiger charge is 2.42. The molecule has 4 heterocycles. The molecule has 0 N–H and O–H groups in total. The van der Waals surface area contributed by atoms with Crippen LogP contribution >= 0.6 is 11.3 Å². The van der Waals surface area contributed by atoms with Gasteiger partial charge in [0.2, 0.25) is 0 Å². The fraction of sp³-hybridized carbons (Fsp3) is 0.160. The molecule has 0 aliphatic carbocycles. The lowest BCUT2D eigenvalue weighted by Crippen LogP contribution is -2.31. The van der Waals surface area contributed by atoms with Crippen molar-refractivity contribution >= 4 is 66.8 Å². The Bertz CT molecular complexity index is 2650. The Balaban J connectivity index is 1.05. The number of carbonyl (C=O) groups excluding carboxylic acids is 2. The van der Waals surface area contributed by atoms with Gasteiger partial charge in [-0.2, -0.15) is 0 Å². The molecule has 9 aromatic rings. The second-order valence-corrected chi connectivity index (χ2v) is 15.9. The minimum absolute atomic E-state index is 0.176. The Morgan fingerprint density at radius 1 is 0.429 bits per heavy atom. The van der Waals surface area contributed by atoms with Gasteiger partial charge in [0, 0.05) is 49.2 Å². The molecule has 0 fully saturated rings. The number of rotatable bonds is 11. The minimum atomic E-state index is -0.176. The van der Waals surface area contributed by atoms with E-state index in [0.29, 0.717) is 17.7 Å². The number of aromatic nitrogens is 2. The highest BCUT2D eigenvalue weighted by molar-refractivity contribution is 7.20. The Hall–Kier alpha value is -6.24. The molecule has 0 bridgehead atoms. The van der Waals surface area contributed by atoms with E-state index in [9.17, 15) is 9.59 Å². The lowest BCUT2D eigenvalue weighted by atomic mass is 10.0. The maximum Gasteiger partial charge on any atom is 0.263 e. The average Bonchev–Trinajstić information content (AvgIpc) is 3.97. The largest absolute Gasteiger partial charge is 0.309 e. The molecule has 0 atom stereocenters. The number of thiophene rings is 1. The fourth-order valence-electron chi connectivity index (χ4n) is 8.79. The summed E-state index contributed by atoms with van der Waals surface area (Å²) in [5.74, 6) is -0.353. The van der Waals surface area contributed by atoms with E-state index in [4.69, 9.17) is 0 Å². The molecule has 0 spiro atoms. The summed E-state index contributed by atoms with van der Waals surface area (Å²) in [5, 5.41) is 4.86. The van der Waals surface area contributed by atoms with Crippen LogP contribution in [0.2, 0.25) is 0 Å². The summed E-state index contributed by atoms with van der Waals surface area (Å²) in [6.07, 6.45) is 6.55. The normalized spacial score (nSPS) is 12.9. The molecule has 10 rings (SSSR count). The molecule has 0 unspecified atom stereocenters. The first-order valence-corrected chi connectivity index (χ1v) is 20.6. The molecular formula is C50H41N3O2S. The number of nitrogens with zero attached hydrogens (tertiary/aromatic N) is 3. The lowest BCUT2D eigenvalue weighted by Gasteiger charge is -2.15. The smallest absolute Gasteiger partial charge is 0.263 e. The number of unbranched alkanes of at least 4 members (excludes halogenated alkanes) is 5. The van der Waals surface area contributed by atoms with Crippen LogP contribution in [0, 0.1) is 0 Å². The van der Waals surface area contributed by atoms with Crippen molar-refractivity contribution in [1.29, 1.82) is 0 Å². The minimum Gasteiger partial charge on any atom is -0.309 e. The van der Waals surface area contributed by atoms with Crippen LogP contribution < -0.4 is 0 Å². The van der Waals surface area contributed by atoms with Gasteiger partial charge in [0.15, 0.2) is 0 Å². The average molecular weight is 748 g/mol. The van der Waals surface area contributed by atoms with E-state index in [1.807, 2.05) is 0 Å². The first-order valence-electron chi connectivity index (χ1n) is 19.8. The van der Waals surface area contributed by atoms with E-state index in [1.165, 1.54) is 45.7 Å². The van der Waals surface area contributed by atoms with Crippen LogP contribution in [-0.4, -0.2) is 32.4 Å². The number of hydrogen-bond acceptors (Lipinski definition) is 3. The van der Waals surface area contributed by atoms with Gasteiger partial charge in [-0.15, -0.1) is 11.3 Å². The van der Waals surface area contributed by atoms with Crippen LogP contribution in [0.15, 0.2) is 146 Å². The van der Waals surface area contributed by atoms with Crippen LogP contribution in [0.4, 0.5) is 0 Å². The van der Waals surface area contributed by atoms with Gasteiger partial charge in [0.1, 0.15) is 0 Å². The summed E-state index contributed by atoms with van der Waals surface area (Å²) in [6, 6.07) is 51.0. The molecule has 0 saturated carbocycles. The van der Waals surface area contributed by atoms with Crippen LogP contribution in [0.1, 0.15) is 66.2 Å². The van der Waals surface area contributed by atoms with E-state index in [2.05, 4.69) is 162 Å². The van der Waals surface area contributed by atoms with Crippen molar-refractivity contribution in [2.24, 2.45) is 0 Å². The third kappa shape index (κ3) is 5.50. The molecule has 6 heteroatoms. The van der Waals surface area contributed by atoms with Crippen molar-refractivity contribution in [3.05, 3.63) is 157 Å². The Labute approximate surface area is 330 Å². The number of benzene rings is 6. The van der Waals surface area contributed by atoms with Crippen molar-refractivity contribution in [3.63, 3.8) is 0 Å². The predicted molar refractivity (Wildman–Crippen MR) is 233 cm³/mol. The monoisotopic (exact) mass is 747 g/mol. The Morgan fingerprint density at radius 3 is 1.18 bits per heavy atom. The zero-order valence-electron chi connectivity index (χ0n) is 31.4. The molecule has 5 nitrogen and oxygen atoms in total. The quantitative estimate of drug-likeness (QED) is 0.0977. The van der Waals surface area contributed by atoms with Crippen LogP contribution in [-0.2, 0) is 0 Å². The second kappa shape index (κ2) is 14.1. The maximum atomic E-state index is 14.3. The first-order chi connectivity index (χ1) is 27.6. The fourth-order valence-corrected chi connectivity index (χ4v) is 10.1. The Kier molecular flexibility index (Phi) is 8.64. The maximum absolute atomic E-state index is 14.3. The summed E-state index contributed by atoms with van der Waals surface area (Å²) in [4.78, 5) is 31.8. The third-order valence-electron chi connectivity index (χ3n) is 11.5. The number of imide groups is 1. The van der Waals surface area contributed by atoms with E-state index in [0.717, 1.165) is 73.6 Å². The zero-order valence-corrected chi connectivity index (χ0v) is 32.2. The van der Waals surface area contributed by atoms with Crippen molar-refractivity contribution in [1.82, 2.24) is 14.0 Å². The summed E-state index contributed by atoms with van der Waals surface area (Å²) in [6.45, 7) is 2.66.